The van der Waals surface area contributed by atoms with Crippen LogP contribution in [-0.2, 0) is 20.1 Å². The third-order valence-corrected chi connectivity index (χ3v) is 3.34. The van der Waals surface area contributed by atoms with Crippen LogP contribution in [0.15, 0.2) is 30.6 Å². The number of nitrogens with one attached hydrogen (secondary N) is 1. The van der Waals surface area contributed by atoms with E-state index in [-0.39, 0.29) is 24.8 Å². The Morgan fingerprint density at radius 2 is 2.05 bits per heavy atom. The van der Waals surface area contributed by atoms with Crippen LogP contribution >= 0.6 is 24.8 Å². The highest BCUT2D eigenvalue weighted by atomic mass is 35.5. The van der Waals surface area contributed by atoms with E-state index in [1.165, 1.54) is 11.3 Å². The number of nitrogens with zero attached hydrogens (tertiary/aromatic N) is 4. The number of hydrogen-bond acceptors (Lipinski definition) is 4. The minimum absolute atomic E-state index is 0. The Bertz CT molecular complexity index is 543. The van der Waals surface area contributed by atoms with Crippen LogP contribution in [0.3, 0.4) is 0 Å². The Morgan fingerprint density at radius 3 is 2.80 bits per heavy atom. The lowest BCUT2D eigenvalue weighted by Gasteiger charge is -2.23. The first-order valence-corrected chi connectivity index (χ1v) is 6.21. The maximum Gasteiger partial charge on any atom is 0.146 e. The van der Waals surface area contributed by atoms with Crippen molar-refractivity contribution in [1.82, 2.24) is 20.1 Å². The first kappa shape index (κ1) is 16.8. The fourth-order valence-corrected chi connectivity index (χ4v) is 2.32. The van der Waals surface area contributed by atoms with Gasteiger partial charge in [-0.05, 0) is 11.6 Å². The van der Waals surface area contributed by atoms with Crippen LogP contribution in [0.25, 0.3) is 0 Å². The summed E-state index contributed by atoms with van der Waals surface area (Å²) in [5.74, 6) is 0.992. The molecule has 3 rings (SSSR count). The van der Waals surface area contributed by atoms with Crippen molar-refractivity contribution < 1.29 is 0 Å². The second-order valence-corrected chi connectivity index (χ2v) is 4.53. The average Bonchev–Trinajstić information content (AvgIpc) is 2.68. The van der Waals surface area contributed by atoms with Gasteiger partial charge in [-0.1, -0.05) is 18.2 Å². The van der Waals surface area contributed by atoms with Gasteiger partial charge in [0.2, 0.25) is 0 Å². The molecule has 0 fully saturated rings. The van der Waals surface area contributed by atoms with Crippen LogP contribution in [0.5, 0.6) is 0 Å². The maximum absolute atomic E-state index is 4.30. The van der Waals surface area contributed by atoms with Gasteiger partial charge in [0.1, 0.15) is 12.2 Å². The van der Waals surface area contributed by atoms with E-state index in [0.29, 0.717) is 0 Å². The molecule has 20 heavy (non-hydrogen) atoms. The normalized spacial score (nSPS) is 13.8. The van der Waals surface area contributed by atoms with Crippen molar-refractivity contribution in [2.24, 2.45) is 7.05 Å². The van der Waals surface area contributed by atoms with Crippen LogP contribution in [-0.4, -0.2) is 27.9 Å². The van der Waals surface area contributed by atoms with Crippen LogP contribution in [0.4, 0.5) is 5.69 Å². The summed E-state index contributed by atoms with van der Waals surface area (Å²) in [6.45, 7) is 3.72. The molecule has 0 unspecified atom stereocenters. The van der Waals surface area contributed by atoms with Crippen molar-refractivity contribution in [3.8, 4) is 0 Å². The summed E-state index contributed by atoms with van der Waals surface area (Å²) in [6, 6.07) is 8.54. The Morgan fingerprint density at radius 1 is 1.25 bits per heavy atom. The van der Waals surface area contributed by atoms with Crippen molar-refractivity contribution in [2.75, 3.05) is 18.0 Å². The van der Waals surface area contributed by atoms with Gasteiger partial charge < -0.3 is 10.2 Å². The third-order valence-electron chi connectivity index (χ3n) is 3.34. The second-order valence-electron chi connectivity index (χ2n) is 4.53. The van der Waals surface area contributed by atoms with E-state index in [1.54, 1.807) is 6.33 Å². The number of para-hydroxylation sites is 1. The molecule has 0 saturated carbocycles. The van der Waals surface area contributed by atoms with E-state index in [9.17, 15) is 0 Å². The van der Waals surface area contributed by atoms with Gasteiger partial charge in [-0.25, -0.2) is 4.98 Å². The summed E-state index contributed by atoms with van der Waals surface area (Å²) in [5.41, 5.74) is 2.64. The van der Waals surface area contributed by atoms with Gasteiger partial charge in [0, 0.05) is 32.4 Å². The molecular formula is C13H19Cl2N5. The lowest BCUT2D eigenvalue weighted by atomic mass is 10.1. The maximum atomic E-state index is 4.30. The summed E-state index contributed by atoms with van der Waals surface area (Å²) in [7, 11) is 1.93. The highest BCUT2D eigenvalue weighted by molar-refractivity contribution is 5.85. The molecule has 110 valence electrons. The van der Waals surface area contributed by atoms with Crippen molar-refractivity contribution >= 4 is 30.5 Å². The highest BCUT2D eigenvalue weighted by Crippen LogP contribution is 2.23. The quantitative estimate of drug-likeness (QED) is 0.917. The molecule has 1 aliphatic rings. The van der Waals surface area contributed by atoms with E-state index < -0.39 is 0 Å². The fourth-order valence-electron chi connectivity index (χ4n) is 2.32. The van der Waals surface area contributed by atoms with Crippen LogP contribution in [0, 0.1) is 0 Å². The summed E-state index contributed by atoms with van der Waals surface area (Å²) in [4.78, 5) is 6.66. The number of halogens is 2. The molecule has 1 aliphatic heterocycles. The largest absolute Gasteiger partial charge is 0.362 e. The molecule has 0 atom stereocenters. The average molecular weight is 316 g/mol. The minimum atomic E-state index is 0. The summed E-state index contributed by atoms with van der Waals surface area (Å²) in [6.07, 6.45) is 1.61. The predicted octanol–water partition coefficient (Wildman–Crippen LogP) is 1.77. The van der Waals surface area contributed by atoms with Gasteiger partial charge in [-0.15, -0.1) is 24.8 Å². The van der Waals surface area contributed by atoms with Gasteiger partial charge in [-0.2, -0.15) is 5.10 Å². The Hall–Kier alpha value is -1.30. The zero-order valence-corrected chi connectivity index (χ0v) is 13.0. The van der Waals surface area contributed by atoms with E-state index in [0.717, 1.165) is 32.0 Å². The van der Waals surface area contributed by atoms with Crippen molar-refractivity contribution in [2.45, 2.75) is 13.1 Å². The SMILES string of the molecule is Cl.Cl.Cn1ncnc1CN1CCNCc2ccccc21. The van der Waals surface area contributed by atoms with E-state index in [2.05, 4.69) is 44.6 Å². The Balaban J connectivity index is 0.000001000. The lowest BCUT2D eigenvalue weighted by Crippen LogP contribution is -2.29. The monoisotopic (exact) mass is 315 g/mol. The van der Waals surface area contributed by atoms with Crippen molar-refractivity contribution in [1.29, 1.82) is 0 Å². The summed E-state index contributed by atoms with van der Waals surface area (Å²) in [5, 5.41) is 7.57. The van der Waals surface area contributed by atoms with Gasteiger partial charge in [0.15, 0.2) is 0 Å². The Labute approximate surface area is 131 Å². The predicted molar refractivity (Wildman–Crippen MR) is 84.7 cm³/mol. The van der Waals surface area contributed by atoms with Gasteiger partial charge in [0.05, 0.1) is 6.54 Å². The van der Waals surface area contributed by atoms with Gasteiger partial charge in [-0.3, -0.25) is 4.68 Å². The lowest BCUT2D eigenvalue weighted by molar-refractivity contribution is 0.648. The topological polar surface area (TPSA) is 46.0 Å². The standard InChI is InChI=1S/C13H17N5.2ClH/c1-17-13(15-10-16-17)9-18-7-6-14-8-11-4-2-3-5-12(11)18;;/h2-5,10,14H,6-9H2,1H3;2*1H. The number of hydrogen-bond donors (Lipinski definition) is 1. The molecule has 2 aromatic rings. The zero-order valence-electron chi connectivity index (χ0n) is 11.3. The minimum Gasteiger partial charge on any atom is -0.362 e. The van der Waals surface area contributed by atoms with Crippen LogP contribution in [0.2, 0.25) is 0 Å². The molecule has 1 aromatic heterocycles. The van der Waals surface area contributed by atoms with Gasteiger partial charge >= 0.3 is 0 Å². The summed E-state index contributed by atoms with van der Waals surface area (Å²) < 4.78 is 1.83. The number of fused-ring (bicyclic) bond motifs is 1. The third kappa shape index (κ3) is 3.42. The number of rotatable bonds is 2. The fraction of sp³-hybridized carbons (Fsp3) is 0.385. The molecule has 7 heteroatoms. The molecule has 0 aliphatic carbocycles. The molecule has 0 saturated heterocycles. The summed E-state index contributed by atoms with van der Waals surface area (Å²) >= 11 is 0. The number of anilines is 1. The van der Waals surface area contributed by atoms with Crippen LogP contribution in [0.1, 0.15) is 11.4 Å². The van der Waals surface area contributed by atoms with E-state index >= 15 is 0 Å². The van der Waals surface area contributed by atoms with Gasteiger partial charge in [0.25, 0.3) is 0 Å². The molecule has 5 nitrogen and oxygen atoms in total. The molecule has 1 N–H and O–H groups in total. The molecular weight excluding hydrogens is 297 g/mol. The highest BCUT2D eigenvalue weighted by Gasteiger charge is 2.16. The van der Waals surface area contributed by atoms with Crippen LogP contribution < -0.4 is 10.2 Å². The first-order chi connectivity index (χ1) is 8.84. The molecule has 0 amide bonds. The number of aryl methyl sites for hydroxylation is 1. The molecule has 1 aromatic carbocycles. The number of benzene rings is 1. The smallest absolute Gasteiger partial charge is 0.146 e. The Kier molecular flexibility index (Phi) is 6.26. The molecule has 2 heterocycles. The van der Waals surface area contributed by atoms with E-state index in [1.807, 2.05) is 11.7 Å². The van der Waals surface area contributed by atoms with Crippen molar-refractivity contribution in [3.05, 3.63) is 42.0 Å². The van der Waals surface area contributed by atoms with E-state index in [4.69, 9.17) is 0 Å². The first-order valence-electron chi connectivity index (χ1n) is 6.21. The number of aromatic nitrogens is 3. The molecule has 0 bridgehead atoms. The second kappa shape index (κ2) is 7.47. The zero-order chi connectivity index (χ0) is 12.4. The van der Waals surface area contributed by atoms with Crippen molar-refractivity contribution in [3.63, 3.8) is 0 Å². The molecule has 0 radical (unpaired) electrons. The molecule has 0 spiro atoms.